The van der Waals surface area contributed by atoms with Crippen LogP contribution in [0.2, 0.25) is 0 Å². The number of amides is 1. The predicted octanol–water partition coefficient (Wildman–Crippen LogP) is 5.89. The van der Waals surface area contributed by atoms with Gasteiger partial charge in [0.15, 0.2) is 0 Å². The molecule has 2 rings (SSSR count). The molecule has 0 bridgehead atoms. The van der Waals surface area contributed by atoms with Crippen molar-refractivity contribution in [2.45, 2.75) is 46.4 Å². The molecule has 0 spiro atoms. The molecular formula is C23H26F3N3O5. The molecule has 0 unspecified atom stereocenters. The summed E-state index contributed by atoms with van der Waals surface area (Å²) in [5.41, 5.74) is 3.37. The number of nitro groups is 1. The first kappa shape index (κ1) is 28.1. The molecular weight excluding hydrogens is 455 g/mol. The zero-order valence-electron chi connectivity index (χ0n) is 19.4. The smallest absolute Gasteiger partial charge is 0.416 e. The highest BCUT2D eigenvalue weighted by molar-refractivity contribution is 5.68. The Labute approximate surface area is 195 Å². The van der Waals surface area contributed by atoms with Crippen LogP contribution < -0.4 is 15.8 Å². The predicted molar refractivity (Wildman–Crippen MR) is 121 cm³/mol. The molecule has 0 atom stereocenters. The van der Waals surface area contributed by atoms with Crippen molar-refractivity contribution in [3.63, 3.8) is 0 Å². The van der Waals surface area contributed by atoms with Crippen LogP contribution in [0.1, 0.15) is 45.7 Å². The van der Waals surface area contributed by atoms with Crippen molar-refractivity contribution in [2.75, 3.05) is 12.3 Å². The van der Waals surface area contributed by atoms with E-state index in [2.05, 4.69) is 17.2 Å². The number of halogens is 3. The fourth-order valence-corrected chi connectivity index (χ4v) is 2.36. The van der Waals surface area contributed by atoms with Gasteiger partial charge >= 0.3 is 12.3 Å². The topological polar surface area (TPSA) is 117 Å². The Balaban J connectivity index is 0.00000281. The molecule has 1 amide bonds. The summed E-state index contributed by atoms with van der Waals surface area (Å²) < 4.78 is 49.6. The van der Waals surface area contributed by atoms with Gasteiger partial charge in [-0.3, -0.25) is 10.1 Å². The number of non-ortho nitro benzene ring substituents is 1. The van der Waals surface area contributed by atoms with Crippen LogP contribution in [-0.4, -0.2) is 23.2 Å². The number of rotatable bonds is 4. The summed E-state index contributed by atoms with van der Waals surface area (Å²) in [5, 5.41) is 13.5. The Morgan fingerprint density at radius 2 is 1.79 bits per heavy atom. The molecule has 0 aromatic heterocycles. The van der Waals surface area contributed by atoms with E-state index in [0.717, 1.165) is 24.3 Å². The summed E-state index contributed by atoms with van der Waals surface area (Å²) in [6.07, 6.45) is -5.35. The fourth-order valence-electron chi connectivity index (χ4n) is 2.36. The summed E-state index contributed by atoms with van der Waals surface area (Å²) in [5.74, 6) is 4.94. The second-order valence-electron chi connectivity index (χ2n) is 7.49. The number of ether oxygens (including phenoxy) is 2. The number of alkyl halides is 3. The molecule has 0 fully saturated rings. The molecule has 11 heteroatoms. The van der Waals surface area contributed by atoms with Gasteiger partial charge in [0.2, 0.25) is 0 Å². The molecule has 34 heavy (non-hydrogen) atoms. The molecule has 2 aromatic rings. The first-order valence-corrected chi connectivity index (χ1v) is 10.1. The number of carbonyl (C=O) groups is 1. The fraction of sp³-hybridized carbons (Fsp3) is 0.348. The van der Waals surface area contributed by atoms with E-state index >= 15 is 0 Å². The maximum Gasteiger partial charge on any atom is 0.416 e. The van der Waals surface area contributed by atoms with Crippen LogP contribution in [0.25, 0.3) is 0 Å². The van der Waals surface area contributed by atoms with Crippen LogP contribution in [0, 0.1) is 22.0 Å². The van der Waals surface area contributed by atoms with Crippen LogP contribution in [-0.2, 0) is 10.9 Å². The number of nitrogen functional groups attached to an aromatic ring is 1. The SMILES string of the molecule is CC.CC(C)(C)OC(=O)NCC#Cc1cc([N+](=O)[O-])ccc1Oc1cc(N)cc(C(F)(F)F)c1. The van der Waals surface area contributed by atoms with E-state index < -0.39 is 28.4 Å². The molecule has 0 aliphatic rings. The first-order chi connectivity index (χ1) is 15.7. The molecule has 3 N–H and O–H groups in total. The van der Waals surface area contributed by atoms with Crippen LogP contribution in [0.15, 0.2) is 36.4 Å². The number of hydrogen-bond donors (Lipinski definition) is 2. The van der Waals surface area contributed by atoms with Gasteiger partial charge in [-0.1, -0.05) is 25.7 Å². The molecule has 0 aliphatic carbocycles. The Morgan fingerprint density at radius 1 is 1.15 bits per heavy atom. The van der Waals surface area contributed by atoms with E-state index in [1.54, 1.807) is 20.8 Å². The highest BCUT2D eigenvalue weighted by atomic mass is 19.4. The van der Waals surface area contributed by atoms with Crippen molar-refractivity contribution in [2.24, 2.45) is 0 Å². The van der Waals surface area contributed by atoms with Gasteiger partial charge < -0.3 is 20.5 Å². The summed E-state index contributed by atoms with van der Waals surface area (Å²) in [6, 6.07) is 6.12. The van der Waals surface area contributed by atoms with Crippen LogP contribution in [0.5, 0.6) is 11.5 Å². The number of nitrogens with one attached hydrogen (secondary N) is 1. The van der Waals surface area contributed by atoms with E-state index in [1.165, 1.54) is 12.1 Å². The lowest BCUT2D eigenvalue weighted by Gasteiger charge is -2.19. The second kappa shape index (κ2) is 11.8. The molecule has 0 radical (unpaired) electrons. The number of carbonyl (C=O) groups excluding carboxylic acids is 1. The van der Waals surface area contributed by atoms with Gasteiger partial charge in [0.25, 0.3) is 5.69 Å². The summed E-state index contributed by atoms with van der Waals surface area (Å²) in [7, 11) is 0. The maximum absolute atomic E-state index is 13.0. The molecule has 0 aliphatic heterocycles. The standard InChI is InChI=1S/C21H20F3N3O5.C2H6/c1-20(2,3)32-19(28)26-8-4-5-13-9-16(27(29)30)6-7-18(13)31-17-11-14(21(22,23)24)10-15(25)12-17;1-2/h6-7,9-12H,8,25H2,1-3H3,(H,26,28);1-2H3. The van der Waals surface area contributed by atoms with Crippen molar-refractivity contribution < 1.29 is 32.4 Å². The molecule has 0 heterocycles. The van der Waals surface area contributed by atoms with Gasteiger partial charge in [-0.15, -0.1) is 0 Å². The van der Waals surface area contributed by atoms with E-state index in [-0.39, 0.29) is 35.0 Å². The lowest BCUT2D eigenvalue weighted by molar-refractivity contribution is -0.384. The van der Waals surface area contributed by atoms with Gasteiger partial charge in [-0.25, -0.2) is 4.79 Å². The minimum atomic E-state index is -4.64. The van der Waals surface area contributed by atoms with Crippen LogP contribution >= 0.6 is 0 Å². The first-order valence-electron chi connectivity index (χ1n) is 10.1. The molecule has 0 saturated heterocycles. The zero-order valence-corrected chi connectivity index (χ0v) is 19.4. The molecule has 184 valence electrons. The average Bonchev–Trinajstić information content (AvgIpc) is 2.71. The molecule has 2 aromatic carbocycles. The van der Waals surface area contributed by atoms with Crippen LogP contribution in [0.3, 0.4) is 0 Å². The van der Waals surface area contributed by atoms with Gasteiger partial charge in [0.05, 0.1) is 22.6 Å². The second-order valence-corrected chi connectivity index (χ2v) is 7.49. The van der Waals surface area contributed by atoms with Crippen LogP contribution in [0.4, 0.5) is 29.3 Å². The van der Waals surface area contributed by atoms with Gasteiger partial charge in [-0.05, 0) is 39.0 Å². The van der Waals surface area contributed by atoms with E-state index in [4.69, 9.17) is 15.2 Å². The van der Waals surface area contributed by atoms with E-state index in [9.17, 15) is 28.1 Å². The maximum atomic E-state index is 13.0. The minimum absolute atomic E-state index is 0.0286. The largest absolute Gasteiger partial charge is 0.456 e. The van der Waals surface area contributed by atoms with E-state index in [1.807, 2.05) is 13.8 Å². The zero-order chi connectivity index (χ0) is 26.1. The number of nitro benzene ring substituents is 1. The number of anilines is 1. The minimum Gasteiger partial charge on any atom is -0.456 e. The average molecular weight is 481 g/mol. The van der Waals surface area contributed by atoms with Crippen molar-refractivity contribution in [1.82, 2.24) is 5.32 Å². The number of nitrogens with zero attached hydrogens (tertiary/aromatic N) is 1. The third-order valence-electron chi connectivity index (χ3n) is 3.60. The third-order valence-corrected chi connectivity index (χ3v) is 3.60. The number of hydrogen-bond acceptors (Lipinski definition) is 6. The summed E-state index contributed by atoms with van der Waals surface area (Å²) >= 11 is 0. The van der Waals surface area contributed by atoms with Crippen molar-refractivity contribution in [1.29, 1.82) is 0 Å². The molecule has 0 saturated carbocycles. The monoisotopic (exact) mass is 481 g/mol. The van der Waals surface area contributed by atoms with Crippen molar-refractivity contribution in [3.05, 3.63) is 57.6 Å². The highest BCUT2D eigenvalue weighted by Gasteiger charge is 2.31. The van der Waals surface area contributed by atoms with Crippen molar-refractivity contribution >= 4 is 17.5 Å². The van der Waals surface area contributed by atoms with E-state index in [0.29, 0.717) is 0 Å². The number of nitrogens with two attached hydrogens (primary N) is 1. The Kier molecular flexibility index (Phi) is 9.74. The van der Waals surface area contributed by atoms with Gasteiger partial charge in [0.1, 0.15) is 17.1 Å². The lowest BCUT2D eigenvalue weighted by Crippen LogP contribution is -2.32. The quantitative estimate of drug-likeness (QED) is 0.243. The summed E-state index contributed by atoms with van der Waals surface area (Å²) in [4.78, 5) is 22.1. The highest BCUT2D eigenvalue weighted by Crippen LogP contribution is 2.36. The number of alkyl carbamates (subject to hydrolysis) is 1. The summed E-state index contributed by atoms with van der Waals surface area (Å²) in [6.45, 7) is 8.91. The Hall–Kier alpha value is -3.94. The lowest BCUT2D eigenvalue weighted by atomic mass is 10.1. The normalized spacial score (nSPS) is 10.7. The Morgan fingerprint density at radius 3 is 2.35 bits per heavy atom. The van der Waals surface area contributed by atoms with Crippen molar-refractivity contribution in [3.8, 4) is 23.3 Å². The van der Waals surface area contributed by atoms with Gasteiger partial charge in [0, 0.05) is 23.9 Å². The third kappa shape index (κ3) is 9.28. The number of benzene rings is 2. The Bertz CT molecular complexity index is 1080. The molecule has 8 nitrogen and oxygen atoms in total. The van der Waals surface area contributed by atoms with Gasteiger partial charge in [-0.2, -0.15) is 13.2 Å².